The molecule has 1 N–H and O–H groups in total. The van der Waals surface area contributed by atoms with Gasteiger partial charge in [-0.3, -0.25) is 24.6 Å². The fraction of sp³-hybridized carbons (Fsp3) is 0.423. The van der Waals surface area contributed by atoms with Gasteiger partial charge in [0.2, 0.25) is 11.8 Å². The maximum absolute atomic E-state index is 13.8. The maximum atomic E-state index is 13.8. The minimum absolute atomic E-state index is 0.144. The highest BCUT2D eigenvalue weighted by atomic mass is 19.1. The Bertz CT molecular complexity index is 1070. The SMILES string of the molecule is O=C1CCC(N2Cc3cc(C4CCN(C(CF)c5ccccc5)CC4)ccc3C2=O)C(=O)N1. The van der Waals surface area contributed by atoms with Gasteiger partial charge >= 0.3 is 0 Å². The van der Waals surface area contributed by atoms with Crippen LogP contribution in [0, 0.1) is 0 Å². The lowest BCUT2D eigenvalue weighted by Crippen LogP contribution is -2.52. The Morgan fingerprint density at radius 1 is 1.00 bits per heavy atom. The van der Waals surface area contributed by atoms with Crippen LogP contribution in [0.15, 0.2) is 48.5 Å². The standard InChI is InChI=1S/C26H28FN3O3/c27-15-23(18-4-2-1-3-5-18)29-12-10-17(11-13-29)19-6-7-21-20(14-19)16-30(26(21)33)22-8-9-24(31)28-25(22)32/h1-7,14,17,22-23H,8-13,15-16H2,(H,28,31,32). The molecule has 5 rings (SSSR count). The van der Waals surface area contributed by atoms with Gasteiger partial charge in [0.1, 0.15) is 12.7 Å². The number of nitrogens with zero attached hydrogens (tertiary/aromatic N) is 2. The van der Waals surface area contributed by atoms with Crippen LogP contribution in [0.5, 0.6) is 0 Å². The lowest BCUT2D eigenvalue weighted by molar-refractivity contribution is -0.136. The van der Waals surface area contributed by atoms with E-state index >= 15 is 0 Å². The van der Waals surface area contributed by atoms with Crippen LogP contribution in [0.2, 0.25) is 0 Å². The number of rotatable bonds is 5. The molecule has 3 aliphatic rings. The van der Waals surface area contributed by atoms with Crippen molar-refractivity contribution in [1.29, 1.82) is 0 Å². The molecular formula is C26H28FN3O3. The van der Waals surface area contributed by atoms with Crippen LogP contribution in [-0.4, -0.2) is 53.3 Å². The molecule has 3 amide bonds. The number of carbonyl (C=O) groups excluding carboxylic acids is 3. The van der Waals surface area contributed by atoms with Crippen molar-refractivity contribution in [2.45, 2.75) is 50.2 Å². The zero-order valence-corrected chi connectivity index (χ0v) is 18.5. The molecule has 0 spiro atoms. The summed E-state index contributed by atoms with van der Waals surface area (Å²) in [6, 6.07) is 15.0. The molecule has 0 saturated carbocycles. The number of fused-ring (bicyclic) bond motifs is 1. The fourth-order valence-electron chi connectivity index (χ4n) is 5.47. The lowest BCUT2D eigenvalue weighted by atomic mass is 9.87. The minimum Gasteiger partial charge on any atom is -0.322 e. The van der Waals surface area contributed by atoms with Crippen molar-refractivity contribution in [3.05, 3.63) is 70.8 Å². The van der Waals surface area contributed by atoms with Crippen molar-refractivity contribution in [2.24, 2.45) is 0 Å². The number of nitrogens with one attached hydrogen (secondary N) is 1. The highest BCUT2D eigenvalue weighted by molar-refractivity contribution is 6.05. The van der Waals surface area contributed by atoms with E-state index in [0.29, 0.717) is 24.4 Å². The Morgan fingerprint density at radius 3 is 2.45 bits per heavy atom. The van der Waals surface area contributed by atoms with E-state index in [0.717, 1.165) is 37.1 Å². The van der Waals surface area contributed by atoms with Crippen LogP contribution in [0.4, 0.5) is 4.39 Å². The van der Waals surface area contributed by atoms with E-state index in [1.54, 1.807) is 4.90 Å². The topological polar surface area (TPSA) is 69.7 Å². The van der Waals surface area contributed by atoms with Crippen LogP contribution < -0.4 is 5.32 Å². The molecule has 2 aromatic carbocycles. The number of amides is 3. The zero-order chi connectivity index (χ0) is 22.9. The van der Waals surface area contributed by atoms with Gasteiger partial charge in [0.25, 0.3) is 5.91 Å². The third-order valence-electron chi connectivity index (χ3n) is 7.32. The molecule has 2 aromatic rings. The van der Waals surface area contributed by atoms with E-state index in [1.165, 1.54) is 5.56 Å². The largest absolute Gasteiger partial charge is 0.322 e. The van der Waals surface area contributed by atoms with E-state index in [1.807, 2.05) is 42.5 Å². The zero-order valence-electron chi connectivity index (χ0n) is 18.5. The Balaban J connectivity index is 1.26. The van der Waals surface area contributed by atoms with Crippen molar-refractivity contribution in [1.82, 2.24) is 15.1 Å². The van der Waals surface area contributed by atoms with Gasteiger partial charge in [0.15, 0.2) is 0 Å². The van der Waals surface area contributed by atoms with Crippen LogP contribution in [0.25, 0.3) is 0 Å². The predicted octanol–water partition coefficient (Wildman–Crippen LogP) is 3.34. The summed E-state index contributed by atoms with van der Waals surface area (Å²) in [5, 5.41) is 2.34. The summed E-state index contributed by atoms with van der Waals surface area (Å²) >= 11 is 0. The van der Waals surface area contributed by atoms with Crippen LogP contribution in [0.1, 0.15) is 64.7 Å². The van der Waals surface area contributed by atoms with E-state index in [-0.39, 0.29) is 30.2 Å². The first-order valence-corrected chi connectivity index (χ1v) is 11.7. The van der Waals surface area contributed by atoms with Gasteiger partial charge in [-0.2, -0.15) is 0 Å². The number of likely N-dealkylation sites (tertiary alicyclic amines) is 1. The minimum atomic E-state index is -0.593. The van der Waals surface area contributed by atoms with Crippen molar-refractivity contribution in [2.75, 3.05) is 19.8 Å². The number of hydrogen-bond acceptors (Lipinski definition) is 4. The molecule has 0 aliphatic carbocycles. The Kier molecular flexibility index (Phi) is 5.98. The van der Waals surface area contributed by atoms with Crippen LogP contribution >= 0.6 is 0 Å². The van der Waals surface area contributed by atoms with Crippen molar-refractivity contribution in [3.8, 4) is 0 Å². The lowest BCUT2D eigenvalue weighted by Gasteiger charge is -2.37. The van der Waals surface area contributed by atoms with Gasteiger partial charge in [-0.1, -0.05) is 42.5 Å². The summed E-state index contributed by atoms with van der Waals surface area (Å²) in [7, 11) is 0. The molecule has 0 aromatic heterocycles. The summed E-state index contributed by atoms with van der Waals surface area (Å²) in [5.41, 5.74) is 3.80. The molecule has 172 valence electrons. The second-order valence-electron chi connectivity index (χ2n) is 9.21. The average molecular weight is 450 g/mol. The summed E-state index contributed by atoms with van der Waals surface area (Å²) in [6.07, 6.45) is 2.50. The van der Waals surface area contributed by atoms with Crippen LogP contribution in [-0.2, 0) is 16.1 Å². The molecule has 7 heteroatoms. The summed E-state index contributed by atoms with van der Waals surface area (Å²) in [5.74, 6) is -0.450. The number of hydrogen-bond donors (Lipinski definition) is 1. The molecule has 2 unspecified atom stereocenters. The van der Waals surface area contributed by atoms with Crippen molar-refractivity contribution >= 4 is 17.7 Å². The van der Waals surface area contributed by atoms with E-state index in [9.17, 15) is 18.8 Å². The van der Waals surface area contributed by atoms with E-state index < -0.39 is 12.7 Å². The highest BCUT2D eigenvalue weighted by Crippen LogP contribution is 2.35. The van der Waals surface area contributed by atoms with Gasteiger partial charge in [-0.05, 0) is 61.0 Å². The third kappa shape index (κ3) is 4.17. The van der Waals surface area contributed by atoms with Gasteiger partial charge in [0.05, 0.1) is 6.04 Å². The maximum Gasteiger partial charge on any atom is 0.255 e. The monoisotopic (exact) mass is 449 g/mol. The number of benzene rings is 2. The number of piperidine rings is 2. The first-order valence-electron chi connectivity index (χ1n) is 11.7. The van der Waals surface area contributed by atoms with Gasteiger partial charge in [-0.15, -0.1) is 0 Å². The normalized spacial score (nSPS) is 22.9. The fourth-order valence-corrected chi connectivity index (χ4v) is 5.47. The Labute approximate surface area is 192 Å². The predicted molar refractivity (Wildman–Crippen MR) is 121 cm³/mol. The average Bonchev–Trinajstić information content (AvgIpc) is 3.16. The number of alkyl halides is 1. The third-order valence-corrected chi connectivity index (χ3v) is 7.32. The number of halogens is 1. The molecule has 2 atom stereocenters. The van der Waals surface area contributed by atoms with E-state index in [2.05, 4.69) is 16.3 Å². The molecule has 2 saturated heterocycles. The molecule has 33 heavy (non-hydrogen) atoms. The Morgan fingerprint density at radius 2 is 1.76 bits per heavy atom. The first-order chi connectivity index (χ1) is 16.0. The molecular weight excluding hydrogens is 421 g/mol. The number of imide groups is 1. The summed E-state index contributed by atoms with van der Waals surface area (Å²) < 4.78 is 13.8. The van der Waals surface area contributed by atoms with Crippen molar-refractivity contribution < 1.29 is 18.8 Å². The molecule has 3 heterocycles. The van der Waals surface area contributed by atoms with Gasteiger partial charge in [0, 0.05) is 18.5 Å². The molecule has 0 radical (unpaired) electrons. The highest BCUT2D eigenvalue weighted by Gasteiger charge is 2.39. The van der Waals surface area contributed by atoms with Crippen molar-refractivity contribution in [3.63, 3.8) is 0 Å². The second kappa shape index (κ2) is 9.06. The quantitative estimate of drug-likeness (QED) is 0.711. The number of carbonyl (C=O) groups is 3. The summed E-state index contributed by atoms with van der Waals surface area (Å²) in [6.45, 7) is 1.65. The molecule has 0 bridgehead atoms. The van der Waals surface area contributed by atoms with Gasteiger partial charge in [-0.25, -0.2) is 4.39 Å². The summed E-state index contributed by atoms with van der Waals surface area (Å²) in [4.78, 5) is 40.4. The molecule has 2 fully saturated rings. The molecule has 3 aliphatic heterocycles. The Hall–Kier alpha value is -3.06. The smallest absolute Gasteiger partial charge is 0.255 e. The molecule has 6 nitrogen and oxygen atoms in total. The van der Waals surface area contributed by atoms with Gasteiger partial charge < -0.3 is 4.90 Å². The van der Waals surface area contributed by atoms with E-state index in [4.69, 9.17) is 0 Å². The van der Waals surface area contributed by atoms with Crippen LogP contribution in [0.3, 0.4) is 0 Å². The second-order valence-corrected chi connectivity index (χ2v) is 9.21. The first kappa shape index (κ1) is 21.8.